The number of piperazine rings is 1. The number of carbonyl (C=O) groups excluding carboxylic acids is 1. The molecule has 1 amide bonds. The minimum atomic E-state index is 0.0392. The lowest BCUT2D eigenvalue weighted by molar-refractivity contribution is -0.135. The lowest BCUT2D eigenvalue weighted by Crippen LogP contribution is -2.57. The van der Waals surface area contributed by atoms with E-state index in [9.17, 15) is 10.1 Å². The van der Waals surface area contributed by atoms with Crippen molar-refractivity contribution < 1.29 is 9.53 Å². The van der Waals surface area contributed by atoms with Gasteiger partial charge in [-0.3, -0.25) is 9.78 Å². The number of pyridine rings is 3. The maximum atomic E-state index is 12.9. The predicted molar refractivity (Wildman–Crippen MR) is 149 cm³/mol. The first-order chi connectivity index (χ1) is 18.4. The normalized spacial score (nSPS) is 17.6. The Morgan fingerprint density at radius 3 is 2.76 bits per heavy atom. The largest absolute Gasteiger partial charge is 0.384 e. The molecule has 8 nitrogen and oxygen atoms in total. The second-order valence-electron chi connectivity index (χ2n) is 10.5. The van der Waals surface area contributed by atoms with E-state index in [2.05, 4.69) is 41.4 Å². The summed E-state index contributed by atoms with van der Waals surface area (Å²) in [6.07, 6.45) is 7.81. The SMILES string of the molecule is C=Cc1cc(-c2cc(C#N)c(N3CCN(C(=O)CCOC)[C@H](C(C)C)C3)nc2C2CC2)c2ccncc2n1. The van der Waals surface area contributed by atoms with Gasteiger partial charge < -0.3 is 14.5 Å². The average molecular weight is 511 g/mol. The number of ether oxygens (including phenoxy) is 1. The quantitative estimate of drug-likeness (QED) is 0.430. The summed E-state index contributed by atoms with van der Waals surface area (Å²) in [5.74, 6) is 1.47. The summed E-state index contributed by atoms with van der Waals surface area (Å²) in [5, 5.41) is 11.2. The summed E-state index contributed by atoms with van der Waals surface area (Å²) in [4.78, 5) is 31.2. The van der Waals surface area contributed by atoms with Crippen molar-refractivity contribution in [1.29, 1.82) is 5.26 Å². The Balaban J connectivity index is 1.56. The molecule has 3 aromatic rings. The van der Waals surface area contributed by atoms with Crippen LogP contribution in [0.15, 0.2) is 37.2 Å². The Kier molecular flexibility index (Phi) is 7.39. The molecule has 0 N–H and O–H groups in total. The fourth-order valence-electron chi connectivity index (χ4n) is 5.37. The monoisotopic (exact) mass is 510 g/mol. The Morgan fingerprint density at radius 2 is 2.08 bits per heavy atom. The number of anilines is 1. The first kappa shape index (κ1) is 25.8. The molecule has 3 aromatic heterocycles. The van der Waals surface area contributed by atoms with E-state index in [4.69, 9.17) is 9.72 Å². The molecular formula is C30H34N6O2. The molecule has 0 unspecified atom stereocenters. The fourth-order valence-corrected chi connectivity index (χ4v) is 5.37. The van der Waals surface area contributed by atoms with E-state index < -0.39 is 0 Å². The molecule has 0 bridgehead atoms. The first-order valence-electron chi connectivity index (χ1n) is 13.3. The van der Waals surface area contributed by atoms with Gasteiger partial charge in [-0.15, -0.1) is 0 Å². The molecule has 0 spiro atoms. The minimum absolute atomic E-state index is 0.0392. The van der Waals surface area contributed by atoms with E-state index in [1.165, 1.54) is 0 Å². The van der Waals surface area contributed by atoms with Gasteiger partial charge in [0, 0.05) is 49.8 Å². The van der Waals surface area contributed by atoms with Crippen LogP contribution < -0.4 is 4.90 Å². The molecular weight excluding hydrogens is 476 g/mol. The highest BCUT2D eigenvalue weighted by molar-refractivity contribution is 5.96. The van der Waals surface area contributed by atoms with Crippen molar-refractivity contribution in [3.05, 3.63) is 54.1 Å². The fraction of sp³-hybridized carbons (Fsp3) is 0.433. The third-order valence-electron chi connectivity index (χ3n) is 7.58. The zero-order valence-corrected chi connectivity index (χ0v) is 22.4. The number of nitriles is 1. The zero-order chi connectivity index (χ0) is 26.8. The van der Waals surface area contributed by atoms with Crippen molar-refractivity contribution in [1.82, 2.24) is 19.9 Å². The van der Waals surface area contributed by atoms with Gasteiger partial charge >= 0.3 is 0 Å². The number of aromatic nitrogens is 3. The number of nitrogens with zero attached hydrogens (tertiary/aromatic N) is 6. The van der Waals surface area contributed by atoms with Crippen LogP contribution in [0.5, 0.6) is 0 Å². The molecule has 1 saturated carbocycles. The van der Waals surface area contributed by atoms with Crippen LogP contribution >= 0.6 is 0 Å². The zero-order valence-electron chi connectivity index (χ0n) is 22.4. The van der Waals surface area contributed by atoms with Crippen molar-refractivity contribution in [3.63, 3.8) is 0 Å². The minimum Gasteiger partial charge on any atom is -0.384 e. The molecule has 5 rings (SSSR count). The third kappa shape index (κ3) is 4.99. The number of methoxy groups -OCH3 is 1. The van der Waals surface area contributed by atoms with Gasteiger partial charge in [-0.1, -0.05) is 20.4 Å². The van der Waals surface area contributed by atoms with Gasteiger partial charge in [0.15, 0.2) is 0 Å². The smallest absolute Gasteiger partial charge is 0.225 e. The molecule has 1 aliphatic carbocycles. The van der Waals surface area contributed by atoms with Crippen LogP contribution in [-0.2, 0) is 9.53 Å². The van der Waals surface area contributed by atoms with Gasteiger partial charge in [0.05, 0.1) is 47.7 Å². The maximum absolute atomic E-state index is 12.9. The van der Waals surface area contributed by atoms with Gasteiger partial charge in [-0.05, 0) is 48.6 Å². The molecule has 4 heterocycles. The number of fused-ring (bicyclic) bond motifs is 1. The van der Waals surface area contributed by atoms with Crippen molar-refractivity contribution in [2.45, 2.75) is 45.1 Å². The van der Waals surface area contributed by atoms with Gasteiger partial charge in [0.2, 0.25) is 5.91 Å². The van der Waals surface area contributed by atoms with Gasteiger partial charge in [0.1, 0.15) is 11.9 Å². The lowest BCUT2D eigenvalue weighted by atomic mass is 9.95. The average Bonchev–Trinajstić information content (AvgIpc) is 3.79. The molecule has 0 radical (unpaired) electrons. The Morgan fingerprint density at radius 1 is 1.26 bits per heavy atom. The van der Waals surface area contributed by atoms with Crippen molar-refractivity contribution in [2.75, 3.05) is 38.3 Å². The van der Waals surface area contributed by atoms with E-state index in [0.717, 1.165) is 52.1 Å². The molecule has 1 aliphatic heterocycles. The highest BCUT2D eigenvalue weighted by Crippen LogP contribution is 2.46. The van der Waals surface area contributed by atoms with Crippen LogP contribution in [0, 0.1) is 17.2 Å². The summed E-state index contributed by atoms with van der Waals surface area (Å²) in [6, 6.07) is 8.45. The second kappa shape index (κ2) is 10.9. The van der Waals surface area contributed by atoms with Crippen molar-refractivity contribution in [3.8, 4) is 17.2 Å². The molecule has 2 fully saturated rings. The Labute approximate surface area is 224 Å². The van der Waals surface area contributed by atoms with Gasteiger partial charge in [0.25, 0.3) is 0 Å². The van der Waals surface area contributed by atoms with Crippen LogP contribution in [0.25, 0.3) is 28.1 Å². The van der Waals surface area contributed by atoms with Crippen LogP contribution in [0.1, 0.15) is 56.0 Å². The second-order valence-corrected chi connectivity index (χ2v) is 10.5. The molecule has 2 aliphatic rings. The molecule has 0 aromatic carbocycles. The van der Waals surface area contributed by atoms with Gasteiger partial charge in [-0.25, -0.2) is 9.97 Å². The third-order valence-corrected chi connectivity index (χ3v) is 7.58. The molecule has 38 heavy (non-hydrogen) atoms. The number of amides is 1. The van der Waals surface area contributed by atoms with Crippen LogP contribution in [0.4, 0.5) is 5.82 Å². The van der Waals surface area contributed by atoms with Crippen LogP contribution in [0.3, 0.4) is 0 Å². The standard InChI is InChI=1S/C30H34N6O2/c1-5-22-15-24(23-8-10-32-17-26(23)33-22)25-14-21(16-31)30(34-29(25)20-6-7-20)35-11-12-36(27(18-35)19(2)3)28(37)9-13-38-4/h5,8,10,14-15,17,19-20,27H,1,6-7,9,11-13,18H2,2-4H3/t27-/m0/s1. The molecule has 1 atom stereocenters. The summed E-state index contributed by atoms with van der Waals surface area (Å²) in [7, 11) is 1.62. The molecule has 1 saturated heterocycles. The number of carbonyl (C=O) groups is 1. The van der Waals surface area contributed by atoms with E-state index >= 15 is 0 Å². The van der Waals surface area contributed by atoms with Crippen molar-refractivity contribution in [2.24, 2.45) is 5.92 Å². The van der Waals surface area contributed by atoms with E-state index in [-0.39, 0.29) is 17.9 Å². The number of hydrogen-bond donors (Lipinski definition) is 0. The first-order valence-corrected chi connectivity index (χ1v) is 13.3. The molecule has 196 valence electrons. The highest BCUT2D eigenvalue weighted by Gasteiger charge is 2.35. The summed E-state index contributed by atoms with van der Waals surface area (Å²) in [6.45, 7) is 10.5. The van der Waals surface area contributed by atoms with E-state index in [1.807, 2.05) is 23.1 Å². The van der Waals surface area contributed by atoms with E-state index in [0.29, 0.717) is 44.1 Å². The van der Waals surface area contributed by atoms with Crippen LogP contribution in [0.2, 0.25) is 0 Å². The van der Waals surface area contributed by atoms with Gasteiger partial charge in [-0.2, -0.15) is 5.26 Å². The summed E-state index contributed by atoms with van der Waals surface area (Å²) in [5.41, 5.74) is 5.10. The number of hydrogen-bond acceptors (Lipinski definition) is 7. The predicted octanol–water partition coefficient (Wildman–Crippen LogP) is 4.79. The Bertz CT molecular complexity index is 1410. The lowest BCUT2D eigenvalue weighted by Gasteiger charge is -2.44. The summed E-state index contributed by atoms with van der Waals surface area (Å²) < 4.78 is 5.13. The topological polar surface area (TPSA) is 95.2 Å². The van der Waals surface area contributed by atoms with E-state index in [1.54, 1.807) is 25.6 Å². The van der Waals surface area contributed by atoms with Crippen molar-refractivity contribution >= 4 is 28.7 Å². The highest BCUT2D eigenvalue weighted by atomic mass is 16.5. The Hall–Kier alpha value is -3.83. The van der Waals surface area contributed by atoms with Crippen LogP contribution in [-0.4, -0.2) is 65.2 Å². The number of rotatable bonds is 8. The maximum Gasteiger partial charge on any atom is 0.225 e. The summed E-state index contributed by atoms with van der Waals surface area (Å²) >= 11 is 0. The molecule has 8 heteroatoms.